The predicted octanol–water partition coefficient (Wildman–Crippen LogP) is 4.88. The Bertz CT molecular complexity index is 921. The fraction of sp³-hybridized carbons (Fsp3) is 0.0435. The molecule has 0 heterocycles. The third-order valence-corrected chi connectivity index (χ3v) is 4.08. The lowest BCUT2D eigenvalue weighted by Crippen LogP contribution is -2.03. The SMILES string of the molecule is O=C(O)C=Cc1ccc(C(=O)Cc2ccc(-c3ccccc3)cc2)cc1. The lowest BCUT2D eigenvalue weighted by molar-refractivity contribution is -0.131. The summed E-state index contributed by atoms with van der Waals surface area (Å²) in [6, 6.07) is 25.0. The summed E-state index contributed by atoms with van der Waals surface area (Å²) >= 11 is 0. The fourth-order valence-corrected chi connectivity index (χ4v) is 2.68. The first-order chi connectivity index (χ1) is 12.6. The van der Waals surface area contributed by atoms with Gasteiger partial charge in [-0.25, -0.2) is 4.79 Å². The summed E-state index contributed by atoms with van der Waals surface area (Å²) in [6.45, 7) is 0. The second kappa shape index (κ2) is 8.08. The van der Waals surface area contributed by atoms with Crippen LogP contribution in [0, 0.1) is 0 Å². The Hall–Kier alpha value is -3.46. The molecule has 26 heavy (non-hydrogen) atoms. The van der Waals surface area contributed by atoms with Crippen molar-refractivity contribution in [1.82, 2.24) is 0 Å². The number of carbonyl (C=O) groups is 2. The van der Waals surface area contributed by atoms with E-state index in [0.29, 0.717) is 12.0 Å². The Labute approximate surface area is 152 Å². The van der Waals surface area contributed by atoms with Gasteiger partial charge in [0, 0.05) is 18.1 Å². The normalized spacial score (nSPS) is 10.8. The summed E-state index contributed by atoms with van der Waals surface area (Å²) in [5.74, 6) is -0.963. The minimum Gasteiger partial charge on any atom is -0.478 e. The van der Waals surface area contributed by atoms with Crippen LogP contribution in [0.1, 0.15) is 21.5 Å². The van der Waals surface area contributed by atoms with Crippen LogP contribution in [-0.4, -0.2) is 16.9 Å². The van der Waals surface area contributed by atoms with Crippen LogP contribution in [0.15, 0.2) is 84.9 Å². The highest BCUT2D eigenvalue weighted by molar-refractivity contribution is 5.97. The summed E-state index contributed by atoms with van der Waals surface area (Å²) < 4.78 is 0. The Morgan fingerprint density at radius 2 is 1.38 bits per heavy atom. The van der Waals surface area contributed by atoms with Crippen molar-refractivity contribution in [2.75, 3.05) is 0 Å². The first-order valence-corrected chi connectivity index (χ1v) is 8.30. The Balaban J connectivity index is 1.67. The molecule has 0 atom stereocenters. The van der Waals surface area contributed by atoms with Gasteiger partial charge in [0.1, 0.15) is 0 Å². The van der Waals surface area contributed by atoms with E-state index in [4.69, 9.17) is 5.11 Å². The number of benzene rings is 3. The number of carboxylic acid groups (broad SMARTS) is 1. The molecule has 128 valence electrons. The highest BCUT2D eigenvalue weighted by atomic mass is 16.4. The second-order valence-electron chi connectivity index (χ2n) is 5.96. The zero-order valence-corrected chi connectivity index (χ0v) is 14.1. The van der Waals surface area contributed by atoms with Crippen LogP contribution in [0.4, 0.5) is 0 Å². The van der Waals surface area contributed by atoms with Crippen LogP contribution >= 0.6 is 0 Å². The summed E-state index contributed by atoms with van der Waals surface area (Å²) in [7, 11) is 0. The number of hydrogen-bond donors (Lipinski definition) is 1. The van der Waals surface area contributed by atoms with Gasteiger partial charge in [0.2, 0.25) is 0 Å². The number of carboxylic acids is 1. The van der Waals surface area contributed by atoms with E-state index in [1.807, 2.05) is 42.5 Å². The molecule has 0 fully saturated rings. The first kappa shape index (κ1) is 17.4. The van der Waals surface area contributed by atoms with Crippen LogP contribution in [-0.2, 0) is 11.2 Å². The molecule has 1 N–H and O–H groups in total. The zero-order chi connectivity index (χ0) is 18.4. The van der Waals surface area contributed by atoms with Gasteiger partial charge in [0.05, 0.1) is 0 Å². The van der Waals surface area contributed by atoms with Gasteiger partial charge in [-0.3, -0.25) is 4.79 Å². The Morgan fingerprint density at radius 1 is 0.769 bits per heavy atom. The molecule has 0 bridgehead atoms. The summed E-state index contributed by atoms with van der Waals surface area (Å²) in [6.07, 6.45) is 2.91. The van der Waals surface area contributed by atoms with E-state index in [1.165, 1.54) is 6.08 Å². The van der Waals surface area contributed by atoms with E-state index in [1.54, 1.807) is 24.3 Å². The van der Waals surface area contributed by atoms with Crippen LogP contribution in [0.3, 0.4) is 0 Å². The smallest absolute Gasteiger partial charge is 0.328 e. The molecule has 0 amide bonds. The van der Waals surface area contributed by atoms with Crippen molar-refractivity contribution in [3.05, 3.63) is 102 Å². The lowest BCUT2D eigenvalue weighted by Gasteiger charge is -2.05. The summed E-state index contributed by atoms with van der Waals surface area (Å²) in [4.78, 5) is 23.0. The molecule has 3 aromatic carbocycles. The minimum absolute atomic E-state index is 0.0335. The largest absolute Gasteiger partial charge is 0.478 e. The van der Waals surface area contributed by atoms with Gasteiger partial charge in [-0.05, 0) is 28.3 Å². The van der Waals surface area contributed by atoms with Crippen molar-refractivity contribution in [2.24, 2.45) is 0 Å². The number of Topliss-reactive ketones (excluding diaryl/α,β-unsaturated/α-hetero) is 1. The number of aliphatic carboxylic acids is 1. The third kappa shape index (κ3) is 4.54. The second-order valence-corrected chi connectivity index (χ2v) is 5.96. The van der Waals surface area contributed by atoms with Gasteiger partial charge < -0.3 is 5.11 Å². The van der Waals surface area contributed by atoms with E-state index in [0.717, 1.165) is 28.3 Å². The van der Waals surface area contributed by atoms with Gasteiger partial charge in [-0.1, -0.05) is 78.9 Å². The van der Waals surface area contributed by atoms with Crippen LogP contribution < -0.4 is 0 Å². The third-order valence-electron chi connectivity index (χ3n) is 4.08. The monoisotopic (exact) mass is 342 g/mol. The molecular weight excluding hydrogens is 324 g/mol. The van der Waals surface area contributed by atoms with Crippen molar-refractivity contribution >= 4 is 17.8 Å². The van der Waals surface area contributed by atoms with Gasteiger partial charge in [-0.15, -0.1) is 0 Å². The maximum absolute atomic E-state index is 12.4. The minimum atomic E-state index is -0.996. The molecule has 0 aromatic heterocycles. The van der Waals surface area contributed by atoms with E-state index in [-0.39, 0.29) is 5.78 Å². The topological polar surface area (TPSA) is 54.4 Å². The quantitative estimate of drug-likeness (QED) is 0.513. The molecule has 0 unspecified atom stereocenters. The molecule has 0 saturated carbocycles. The summed E-state index contributed by atoms with van der Waals surface area (Å²) in [5, 5.41) is 8.63. The molecule has 3 aromatic rings. The number of ketones is 1. The summed E-state index contributed by atoms with van der Waals surface area (Å²) in [5.41, 5.74) is 4.59. The number of hydrogen-bond acceptors (Lipinski definition) is 2. The Morgan fingerprint density at radius 3 is 2.00 bits per heavy atom. The molecule has 3 nitrogen and oxygen atoms in total. The van der Waals surface area contributed by atoms with Gasteiger partial charge in [0.25, 0.3) is 0 Å². The number of carbonyl (C=O) groups excluding carboxylic acids is 1. The zero-order valence-electron chi connectivity index (χ0n) is 14.1. The molecule has 0 radical (unpaired) electrons. The van der Waals surface area contributed by atoms with Crippen molar-refractivity contribution in [1.29, 1.82) is 0 Å². The predicted molar refractivity (Wildman–Crippen MR) is 103 cm³/mol. The Kier molecular flexibility index (Phi) is 5.40. The fourth-order valence-electron chi connectivity index (χ4n) is 2.68. The molecule has 0 aliphatic carbocycles. The van der Waals surface area contributed by atoms with Crippen LogP contribution in [0.2, 0.25) is 0 Å². The molecular formula is C23H18O3. The van der Waals surface area contributed by atoms with Crippen LogP contribution in [0.5, 0.6) is 0 Å². The molecule has 0 spiro atoms. The number of rotatable bonds is 6. The van der Waals surface area contributed by atoms with E-state index < -0.39 is 5.97 Å². The first-order valence-electron chi connectivity index (χ1n) is 8.30. The maximum Gasteiger partial charge on any atom is 0.328 e. The van der Waals surface area contributed by atoms with Crippen molar-refractivity contribution in [3.63, 3.8) is 0 Å². The lowest BCUT2D eigenvalue weighted by atomic mass is 9.99. The molecule has 3 rings (SSSR count). The van der Waals surface area contributed by atoms with Crippen molar-refractivity contribution < 1.29 is 14.7 Å². The van der Waals surface area contributed by atoms with Gasteiger partial charge >= 0.3 is 5.97 Å². The average Bonchev–Trinajstić information content (AvgIpc) is 2.68. The van der Waals surface area contributed by atoms with Gasteiger partial charge in [-0.2, -0.15) is 0 Å². The highest BCUT2D eigenvalue weighted by Gasteiger charge is 2.07. The van der Waals surface area contributed by atoms with E-state index in [9.17, 15) is 9.59 Å². The molecule has 0 aliphatic heterocycles. The molecule has 3 heteroatoms. The molecule has 0 aliphatic rings. The standard InChI is InChI=1S/C23H18O3/c24-22(21-13-6-17(7-14-21)10-15-23(25)26)16-18-8-11-20(12-9-18)19-4-2-1-3-5-19/h1-15H,16H2,(H,25,26). The van der Waals surface area contributed by atoms with E-state index in [2.05, 4.69) is 12.1 Å². The average molecular weight is 342 g/mol. The van der Waals surface area contributed by atoms with Crippen LogP contribution in [0.25, 0.3) is 17.2 Å². The maximum atomic E-state index is 12.4. The van der Waals surface area contributed by atoms with Crippen molar-refractivity contribution in [3.8, 4) is 11.1 Å². The van der Waals surface area contributed by atoms with Crippen molar-refractivity contribution in [2.45, 2.75) is 6.42 Å². The van der Waals surface area contributed by atoms with E-state index >= 15 is 0 Å². The molecule has 0 saturated heterocycles. The van der Waals surface area contributed by atoms with Gasteiger partial charge in [0.15, 0.2) is 5.78 Å². The highest BCUT2D eigenvalue weighted by Crippen LogP contribution is 2.20.